The molecule has 2 aromatic rings. The Hall–Kier alpha value is -2.07. The van der Waals surface area contributed by atoms with Gasteiger partial charge in [0, 0.05) is 25.2 Å². The maximum Gasteiger partial charge on any atom is 0.161 e. The lowest BCUT2D eigenvalue weighted by Gasteiger charge is -2.14. The Kier molecular flexibility index (Phi) is 3.83. The average molecular weight is 271 g/mol. The number of ether oxygens (including phenoxy) is 2. The highest BCUT2D eigenvalue weighted by molar-refractivity contribution is 5.44. The SMILES string of the molecule is OC(Cc1cccnc1)c1ccc2c(c1)OCCCO2. The van der Waals surface area contributed by atoms with Gasteiger partial charge in [-0.25, -0.2) is 0 Å². The number of benzene rings is 1. The molecule has 104 valence electrons. The van der Waals surface area contributed by atoms with Crippen molar-refractivity contribution in [2.24, 2.45) is 0 Å². The number of rotatable bonds is 3. The van der Waals surface area contributed by atoms with Crippen LogP contribution in [0.3, 0.4) is 0 Å². The maximum absolute atomic E-state index is 10.3. The van der Waals surface area contributed by atoms with E-state index in [2.05, 4.69) is 4.98 Å². The monoisotopic (exact) mass is 271 g/mol. The Bertz CT molecular complexity index is 571. The second kappa shape index (κ2) is 5.92. The fraction of sp³-hybridized carbons (Fsp3) is 0.312. The Balaban J connectivity index is 1.78. The van der Waals surface area contributed by atoms with Gasteiger partial charge in [0.05, 0.1) is 19.3 Å². The van der Waals surface area contributed by atoms with E-state index in [9.17, 15) is 5.11 Å². The van der Waals surface area contributed by atoms with E-state index in [1.807, 2.05) is 30.3 Å². The summed E-state index contributed by atoms with van der Waals surface area (Å²) >= 11 is 0. The normalized spacial score (nSPS) is 15.4. The smallest absolute Gasteiger partial charge is 0.161 e. The first-order valence-corrected chi connectivity index (χ1v) is 6.79. The van der Waals surface area contributed by atoms with Gasteiger partial charge in [-0.3, -0.25) is 4.98 Å². The number of hydrogen-bond donors (Lipinski definition) is 1. The van der Waals surface area contributed by atoms with Crippen LogP contribution in [0.25, 0.3) is 0 Å². The number of aromatic nitrogens is 1. The van der Waals surface area contributed by atoms with Crippen LogP contribution >= 0.6 is 0 Å². The molecule has 20 heavy (non-hydrogen) atoms. The van der Waals surface area contributed by atoms with E-state index >= 15 is 0 Å². The lowest BCUT2D eigenvalue weighted by atomic mass is 10.0. The summed E-state index contributed by atoms with van der Waals surface area (Å²) in [6, 6.07) is 9.44. The van der Waals surface area contributed by atoms with Crippen molar-refractivity contribution >= 4 is 0 Å². The lowest BCUT2D eigenvalue weighted by molar-refractivity contribution is 0.177. The molecular weight excluding hydrogens is 254 g/mol. The van der Waals surface area contributed by atoms with E-state index in [1.54, 1.807) is 12.4 Å². The summed E-state index contributed by atoms with van der Waals surface area (Å²) in [6.45, 7) is 1.32. The van der Waals surface area contributed by atoms with Crippen molar-refractivity contribution in [2.45, 2.75) is 18.9 Å². The van der Waals surface area contributed by atoms with Gasteiger partial charge < -0.3 is 14.6 Å². The van der Waals surface area contributed by atoms with E-state index < -0.39 is 6.10 Å². The second-order valence-electron chi connectivity index (χ2n) is 4.84. The Labute approximate surface area is 118 Å². The molecule has 4 nitrogen and oxygen atoms in total. The number of pyridine rings is 1. The second-order valence-corrected chi connectivity index (χ2v) is 4.84. The summed E-state index contributed by atoms with van der Waals surface area (Å²) in [5, 5.41) is 10.3. The van der Waals surface area contributed by atoms with E-state index in [0.29, 0.717) is 25.4 Å². The molecule has 3 rings (SSSR count). The third kappa shape index (κ3) is 2.91. The highest BCUT2D eigenvalue weighted by atomic mass is 16.5. The summed E-state index contributed by atoms with van der Waals surface area (Å²) < 4.78 is 11.2. The standard InChI is InChI=1S/C16H17NO3/c18-14(9-12-3-1-6-17-11-12)13-4-5-15-16(10-13)20-8-2-7-19-15/h1,3-6,10-11,14,18H,2,7-9H2. The zero-order valence-corrected chi connectivity index (χ0v) is 11.2. The number of fused-ring (bicyclic) bond motifs is 1. The van der Waals surface area contributed by atoms with Crippen molar-refractivity contribution in [3.05, 3.63) is 53.9 Å². The Morgan fingerprint density at radius 1 is 1.15 bits per heavy atom. The summed E-state index contributed by atoms with van der Waals surface area (Å²) in [6.07, 6.45) is 4.34. The number of hydrogen-bond acceptors (Lipinski definition) is 4. The van der Waals surface area contributed by atoms with Gasteiger partial charge in [-0.15, -0.1) is 0 Å². The maximum atomic E-state index is 10.3. The number of aliphatic hydroxyl groups is 1. The third-order valence-electron chi connectivity index (χ3n) is 3.31. The van der Waals surface area contributed by atoms with Crippen LogP contribution < -0.4 is 9.47 Å². The molecule has 1 aromatic carbocycles. The minimum Gasteiger partial charge on any atom is -0.490 e. The molecule has 0 fully saturated rings. The van der Waals surface area contributed by atoms with Crippen molar-refractivity contribution in [1.29, 1.82) is 0 Å². The minimum atomic E-state index is -0.573. The van der Waals surface area contributed by atoms with Crippen LogP contribution in [0.2, 0.25) is 0 Å². The largest absolute Gasteiger partial charge is 0.490 e. The molecule has 0 aliphatic carbocycles. The van der Waals surface area contributed by atoms with Crippen LogP contribution in [0.1, 0.15) is 23.7 Å². The fourth-order valence-corrected chi connectivity index (χ4v) is 2.25. The molecule has 1 unspecified atom stereocenters. The van der Waals surface area contributed by atoms with Crippen LogP contribution in [0.15, 0.2) is 42.7 Å². The Morgan fingerprint density at radius 2 is 2.00 bits per heavy atom. The lowest BCUT2D eigenvalue weighted by Crippen LogP contribution is -2.03. The van der Waals surface area contributed by atoms with Gasteiger partial charge in [-0.1, -0.05) is 12.1 Å². The predicted molar refractivity (Wildman–Crippen MR) is 74.9 cm³/mol. The molecule has 0 bridgehead atoms. The predicted octanol–water partition coefficient (Wildman–Crippen LogP) is 2.52. The molecule has 0 spiro atoms. The van der Waals surface area contributed by atoms with Gasteiger partial charge in [-0.05, 0) is 29.3 Å². The molecule has 1 aliphatic rings. The zero-order valence-electron chi connectivity index (χ0n) is 11.2. The van der Waals surface area contributed by atoms with Gasteiger partial charge in [0.25, 0.3) is 0 Å². The molecule has 1 aliphatic heterocycles. The van der Waals surface area contributed by atoms with Crippen molar-refractivity contribution in [3.63, 3.8) is 0 Å². The highest BCUT2D eigenvalue weighted by Crippen LogP contribution is 2.33. The topological polar surface area (TPSA) is 51.6 Å². The van der Waals surface area contributed by atoms with E-state index in [-0.39, 0.29) is 0 Å². The molecule has 1 N–H and O–H groups in total. The van der Waals surface area contributed by atoms with Crippen LogP contribution in [-0.4, -0.2) is 23.3 Å². The third-order valence-corrected chi connectivity index (χ3v) is 3.31. The van der Waals surface area contributed by atoms with Crippen LogP contribution in [-0.2, 0) is 6.42 Å². The van der Waals surface area contributed by atoms with Crippen molar-refractivity contribution < 1.29 is 14.6 Å². The van der Waals surface area contributed by atoms with E-state index in [1.165, 1.54) is 0 Å². The summed E-state index contributed by atoms with van der Waals surface area (Å²) in [5.74, 6) is 1.46. The van der Waals surface area contributed by atoms with Gasteiger partial charge in [0.2, 0.25) is 0 Å². The van der Waals surface area contributed by atoms with E-state index in [0.717, 1.165) is 23.3 Å². The molecule has 0 saturated heterocycles. The van der Waals surface area contributed by atoms with Crippen LogP contribution in [0, 0.1) is 0 Å². The quantitative estimate of drug-likeness (QED) is 0.932. The van der Waals surface area contributed by atoms with Crippen molar-refractivity contribution in [2.75, 3.05) is 13.2 Å². The summed E-state index contributed by atoms with van der Waals surface area (Å²) in [4.78, 5) is 4.06. The molecular formula is C16H17NO3. The van der Waals surface area contributed by atoms with Crippen molar-refractivity contribution in [1.82, 2.24) is 4.98 Å². The first-order valence-electron chi connectivity index (χ1n) is 6.79. The van der Waals surface area contributed by atoms with Gasteiger partial charge >= 0.3 is 0 Å². The molecule has 0 saturated carbocycles. The molecule has 4 heteroatoms. The molecule has 1 aromatic heterocycles. The average Bonchev–Trinajstić information content (AvgIpc) is 2.72. The molecule has 0 radical (unpaired) electrons. The molecule has 2 heterocycles. The Morgan fingerprint density at radius 3 is 2.80 bits per heavy atom. The number of aliphatic hydroxyl groups excluding tert-OH is 1. The van der Waals surface area contributed by atoms with E-state index in [4.69, 9.17) is 9.47 Å². The minimum absolute atomic E-state index is 0.535. The number of nitrogens with zero attached hydrogens (tertiary/aromatic N) is 1. The highest BCUT2D eigenvalue weighted by Gasteiger charge is 2.15. The first kappa shape index (κ1) is 12.9. The first-order chi connectivity index (χ1) is 9.83. The van der Waals surface area contributed by atoms with Gasteiger partial charge in [0.15, 0.2) is 11.5 Å². The zero-order chi connectivity index (χ0) is 13.8. The van der Waals surface area contributed by atoms with Crippen LogP contribution in [0.5, 0.6) is 11.5 Å². The molecule has 0 amide bonds. The summed E-state index contributed by atoms with van der Waals surface area (Å²) in [7, 11) is 0. The van der Waals surface area contributed by atoms with Gasteiger partial charge in [0.1, 0.15) is 0 Å². The molecule has 1 atom stereocenters. The summed E-state index contributed by atoms with van der Waals surface area (Å²) in [5.41, 5.74) is 1.84. The van der Waals surface area contributed by atoms with Crippen molar-refractivity contribution in [3.8, 4) is 11.5 Å². The van der Waals surface area contributed by atoms with Crippen LogP contribution in [0.4, 0.5) is 0 Å². The van der Waals surface area contributed by atoms with Gasteiger partial charge in [-0.2, -0.15) is 0 Å². The fourth-order valence-electron chi connectivity index (χ4n) is 2.25.